The maximum absolute atomic E-state index is 4.69. The summed E-state index contributed by atoms with van der Waals surface area (Å²) in [6.07, 6.45) is 3.82. The number of aromatic nitrogens is 1. The van der Waals surface area contributed by atoms with Crippen molar-refractivity contribution in [3.63, 3.8) is 0 Å². The molecule has 0 radical (unpaired) electrons. The average molecular weight is 246 g/mol. The number of nitrogens with zero attached hydrogens (tertiary/aromatic N) is 2. The van der Waals surface area contributed by atoms with Crippen LogP contribution in [-0.2, 0) is 6.42 Å². The van der Waals surface area contributed by atoms with E-state index in [1.54, 1.807) is 0 Å². The molecule has 0 aliphatic carbocycles. The van der Waals surface area contributed by atoms with Crippen LogP contribution in [0.1, 0.15) is 24.8 Å². The average Bonchev–Trinajstić information content (AvgIpc) is 2.92. The van der Waals surface area contributed by atoms with Crippen LogP contribution in [0.15, 0.2) is 24.3 Å². The Hall–Kier alpha value is -0.930. The van der Waals surface area contributed by atoms with Crippen LogP contribution in [0.3, 0.4) is 0 Å². The van der Waals surface area contributed by atoms with Crippen LogP contribution >= 0.6 is 11.3 Å². The molecule has 1 atom stereocenters. The lowest BCUT2D eigenvalue weighted by Crippen LogP contribution is -2.28. The first-order valence-corrected chi connectivity index (χ1v) is 7.23. The van der Waals surface area contributed by atoms with E-state index in [4.69, 9.17) is 4.98 Å². The maximum atomic E-state index is 4.69. The molecule has 1 aromatic carbocycles. The lowest BCUT2D eigenvalue weighted by Gasteiger charge is -2.19. The monoisotopic (exact) mass is 246 g/mol. The van der Waals surface area contributed by atoms with Crippen molar-refractivity contribution in [2.75, 3.05) is 13.1 Å². The highest BCUT2D eigenvalue weighted by molar-refractivity contribution is 7.18. The summed E-state index contributed by atoms with van der Waals surface area (Å²) in [6, 6.07) is 9.19. The molecule has 1 fully saturated rings. The van der Waals surface area contributed by atoms with Gasteiger partial charge in [-0.05, 0) is 38.4 Å². The highest BCUT2D eigenvalue weighted by Crippen LogP contribution is 2.23. The second-order valence-corrected chi connectivity index (χ2v) is 5.97. The minimum Gasteiger partial charge on any atom is -0.300 e. The van der Waals surface area contributed by atoms with Gasteiger partial charge in [-0.1, -0.05) is 12.1 Å². The third kappa shape index (κ3) is 2.35. The van der Waals surface area contributed by atoms with E-state index in [9.17, 15) is 0 Å². The van der Waals surface area contributed by atoms with Crippen LogP contribution in [-0.4, -0.2) is 29.0 Å². The summed E-state index contributed by atoms with van der Waals surface area (Å²) in [7, 11) is 0. The summed E-state index contributed by atoms with van der Waals surface area (Å²) in [5, 5.41) is 1.28. The van der Waals surface area contributed by atoms with Crippen LogP contribution in [0.25, 0.3) is 10.2 Å². The first-order chi connectivity index (χ1) is 8.33. The van der Waals surface area contributed by atoms with Crippen LogP contribution in [0.4, 0.5) is 0 Å². The van der Waals surface area contributed by atoms with Crippen molar-refractivity contribution in [3.8, 4) is 0 Å². The van der Waals surface area contributed by atoms with Gasteiger partial charge in [0, 0.05) is 19.0 Å². The third-order valence-electron chi connectivity index (χ3n) is 3.64. The molecule has 2 heterocycles. The van der Waals surface area contributed by atoms with Gasteiger partial charge in [0.2, 0.25) is 0 Å². The van der Waals surface area contributed by atoms with Crippen molar-refractivity contribution in [2.24, 2.45) is 0 Å². The van der Waals surface area contributed by atoms with Gasteiger partial charge in [0.25, 0.3) is 0 Å². The highest BCUT2D eigenvalue weighted by atomic mass is 32.1. The van der Waals surface area contributed by atoms with Gasteiger partial charge in [-0.25, -0.2) is 4.98 Å². The zero-order valence-electron chi connectivity index (χ0n) is 10.2. The van der Waals surface area contributed by atoms with E-state index in [2.05, 4.69) is 36.1 Å². The molecule has 0 bridgehead atoms. The van der Waals surface area contributed by atoms with Crippen LogP contribution in [0.2, 0.25) is 0 Å². The number of thiazole rings is 1. The number of hydrogen-bond acceptors (Lipinski definition) is 3. The normalized spacial score (nSPS) is 21.4. The van der Waals surface area contributed by atoms with E-state index >= 15 is 0 Å². The third-order valence-corrected chi connectivity index (χ3v) is 4.74. The predicted octanol–water partition coefficient (Wildman–Crippen LogP) is 3.32. The number of fused-ring (bicyclic) bond motifs is 1. The van der Waals surface area contributed by atoms with Crippen molar-refractivity contribution in [1.82, 2.24) is 9.88 Å². The SMILES string of the molecule is C[C@@H]1CCCN1CCc1nc2ccccc2s1. The molecule has 0 amide bonds. The Bertz CT molecular complexity index is 473. The second-order valence-electron chi connectivity index (χ2n) is 4.85. The molecule has 1 aliphatic heterocycles. The van der Waals surface area contributed by atoms with Gasteiger partial charge in [0.1, 0.15) is 0 Å². The van der Waals surface area contributed by atoms with E-state index in [1.807, 2.05) is 11.3 Å². The first kappa shape index (κ1) is 11.2. The smallest absolute Gasteiger partial charge is 0.0951 e. The molecular formula is C14H18N2S. The standard InChI is InChI=1S/C14H18N2S/c1-11-5-4-9-16(11)10-8-14-15-12-6-2-3-7-13(12)17-14/h2-3,6-7,11H,4-5,8-10H2,1H3/t11-/m1/s1. The molecule has 0 N–H and O–H groups in total. The van der Waals surface area contributed by atoms with Crippen molar-refractivity contribution in [3.05, 3.63) is 29.3 Å². The number of benzene rings is 1. The summed E-state index contributed by atoms with van der Waals surface area (Å²) >= 11 is 1.84. The van der Waals surface area contributed by atoms with Gasteiger partial charge in [-0.2, -0.15) is 0 Å². The molecule has 0 spiro atoms. The fourth-order valence-electron chi connectivity index (χ4n) is 2.59. The zero-order valence-corrected chi connectivity index (χ0v) is 11.0. The van der Waals surface area contributed by atoms with Gasteiger partial charge < -0.3 is 4.90 Å². The van der Waals surface area contributed by atoms with Gasteiger partial charge >= 0.3 is 0 Å². The molecule has 0 unspecified atom stereocenters. The molecule has 17 heavy (non-hydrogen) atoms. The summed E-state index contributed by atoms with van der Waals surface area (Å²) in [5.74, 6) is 0. The molecular weight excluding hydrogens is 228 g/mol. The fourth-order valence-corrected chi connectivity index (χ4v) is 3.55. The maximum Gasteiger partial charge on any atom is 0.0951 e. The number of para-hydroxylation sites is 1. The Morgan fingerprint density at radius 1 is 1.41 bits per heavy atom. The summed E-state index contributed by atoms with van der Waals surface area (Å²) < 4.78 is 1.32. The number of hydrogen-bond donors (Lipinski definition) is 0. The van der Waals surface area contributed by atoms with Gasteiger partial charge in [0.05, 0.1) is 15.2 Å². The largest absolute Gasteiger partial charge is 0.300 e. The quantitative estimate of drug-likeness (QED) is 0.826. The Morgan fingerprint density at radius 3 is 3.06 bits per heavy atom. The Balaban J connectivity index is 1.68. The lowest BCUT2D eigenvalue weighted by atomic mass is 10.2. The second kappa shape index (κ2) is 4.75. The molecule has 90 valence electrons. The fraction of sp³-hybridized carbons (Fsp3) is 0.500. The molecule has 3 rings (SSSR count). The molecule has 2 nitrogen and oxygen atoms in total. The summed E-state index contributed by atoms with van der Waals surface area (Å²) in [4.78, 5) is 7.28. The Kier molecular flexibility index (Phi) is 3.12. The molecule has 3 heteroatoms. The lowest BCUT2D eigenvalue weighted by molar-refractivity contribution is 0.272. The van der Waals surface area contributed by atoms with E-state index < -0.39 is 0 Å². The van der Waals surface area contributed by atoms with E-state index in [0.717, 1.165) is 18.0 Å². The van der Waals surface area contributed by atoms with Crippen molar-refractivity contribution >= 4 is 21.6 Å². The van der Waals surface area contributed by atoms with Gasteiger partial charge in [-0.3, -0.25) is 0 Å². The van der Waals surface area contributed by atoms with E-state index in [0.29, 0.717) is 0 Å². The van der Waals surface area contributed by atoms with Crippen molar-refractivity contribution < 1.29 is 0 Å². The van der Waals surface area contributed by atoms with Crippen molar-refractivity contribution in [2.45, 2.75) is 32.2 Å². The van der Waals surface area contributed by atoms with Crippen LogP contribution < -0.4 is 0 Å². The number of rotatable bonds is 3. The zero-order chi connectivity index (χ0) is 11.7. The Morgan fingerprint density at radius 2 is 2.29 bits per heavy atom. The molecule has 1 aliphatic rings. The topological polar surface area (TPSA) is 16.1 Å². The highest BCUT2D eigenvalue weighted by Gasteiger charge is 2.19. The van der Waals surface area contributed by atoms with Crippen molar-refractivity contribution in [1.29, 1.82) is 0 Å². The van der Waals surface area contributed by atoms with Crippen LogP contribution in [0.5, 0.6) is 0 Å². The Labute approximate surface area is 106 Å². The summed E-state index contributed by atoms with van der Waals surface area (Å²) in [5.41, 5.74) is 1.15. The minimum atomic E-state index is 0.768. The van der Waals surface area contributed by atoms with Gasteiger partial charge in [-0.15, -0.1) is 11.3 Å². The van der Waals surface area contributed by atoms with Gasteiger partial charge in [0.15, 0.2) is 0 Å². The minimum absolute atomic E-state index is 0.768. The molecule has 2 aromatic rings. The molecule has 1 aromatic heterocycles. The van der Waals surface area contributed by atoms with E-state index in [-0.39, 0.29) is 0 Å². The van der Waals surface area contributed by atoms with E-state index in [1.165, 1.54) is 35.6 Å². The molecule has 1 saturated heterocycles. The first-order valence-electron chi connectivity index (χ1n) is 6.41. The molecule has 0 saturated carbocycles. The summed E-state index contributed by atoms with van der Waals surface area (Å²) in [6.45, 7) is 4.78. The predicted molar refractivity (Wildman–Crippen MR) is 73.6 cm³/mol. The van der Waals surface area contributed by atoms with Crippen LogP contribution in [0, 0.1) is 0 Å². The number of likely N-dealkylation sites (tertiary alicyclic amines) is 1.